The molecule has 0 saturated heterocycles. The van der Waals surface area contributed by atoms with Crippen molar-refractivity contribution >= 4 is 0 Å². The zero-order chi connectivity index (χ0) is 26.7. The molecule has 0 spiro atoms. The van der Waals surface area contributed by atoms with Crippen molar-refractivity contribution in [2.75, 3.05) is 6.61 Å². The molecule has 1 aromatic heterocycles. The molecule has 0 aliphatic heterocycles. The van der Waals surface area contributed by atoms with Crippen LogP contribution in [-0.4, -0.2) is 16.6 Å². The average molecular weight is 521 g/mol. The highest BCUT2D eigenvalue weighted by Gasteiger charge is 2.20. The minimum absolute atomic E-state index is 0.800. The van der Waals surface area contributed by atoms with Crippen LogP contribution in [0.4, 0.5) is 0 Å². The molecular weight excluding hydrogens is 464 g/mol. The maximum atomic E-state index is 6.06. The van der Waals surface area contributed by atoms with Gasteiger partial charge in [0.1, 0.15) is 5.75 Å². The molecule has 1 fully saturated rings. The third-order valence-electron chi connectivity index (χ3n) is 8.59. The Balaban J connectivity index is 1.24. The lowest BCUT2D eigenvalue weighted by molar-refractivity contribution is 0.228. The van der Waals surface area contributed by atoms with Gasteiger partial charge in [-0.05, 0) is 67.3 Å². The normalized spacial score (nSPS) is 17.5. The SMILES string of the molecule is CCCCCCCCCC1CCC(CCCOc2ccc(-c3ncc(CCCCCCC)cn3)cc2)CC1. The Morgan fingerprint density at radius 2 is 1.16 bits per heavy atom. The summed E-state index contributed by atoms with van der Waals surface area (Å²) in [6.07, 6.45) is 31.4. The van der Waals surface area contributed by atoms with Gasteiger partial charge in [0.25, 0.3) is 0 Å². The van der Waals surface area contributed by atoms with Crippen LogP contribution in [0.25, 0.3) is 11.4 Å². The summed E-state index contributed by atoms with van der Waals surface area (Å²) in [5.74, 6) is 3.68. The van der Waals surface area contributed by atoms with Crippen LogP contribution in [0.15, 0.2) is 36.7 Å². The molecular formula is C35H56N2O. The molecule has 212 valence electrons. The van der Waals surface area contributed by atoms with Crippen LogP contribution in [0.5, 0.6) is 5.75 Å². The lowest BCUT2D eigenvalue weighted by Gasteiger charge is -2.28. The van der Waals surface area contributed by atoms with E-state index in [1.807, 2.05) is 12.4 Å². The first kappa shape index (κ1) is 30.6. The van der Waals surface area contributed by atoms with Gasteiger partial charge in [-0.3, -0.25) is 0 Å². The van der Waals surface area contributed by atoms with Crippen LogP contribution < -0.4 is 4.74 Å². The van der Waals surface area contributed by atoms with Gasteiger partial charge in [-0.15, -0.1) is 0 Å². The Hall–Kier alpha value is -1.90. The molecule has 1 saturated carbocycles. The van der Waals surface area contributed by atoms with Gasteiger partial charge in [0, 0.05) is 18.0 Å². The molecule has 3 heteroatoms. The molecule has 1 aliphatic rings. The summed E-state index contributed by atoms with van der Waals surface area (Å²) in [4.78, 5) is 9.22. The molecule has 3 nitrogen and oxygen atoms in total. The molecule has 0 amide bonds. The Morgan fingerprint density at radius 1 is 0.632 bits per heavy atom. The van der Waals surface area contributed by atoms with Crippen molar-refractivity contribution < 1.29 is 4.74 Å². The number of hydrogen-bond acceptors (Lipinski definition) is 3. The number of unbranched alkanes of at least 4 members (excludes halogenated alkanes) is 10. The highest BCUT2D eigenvalue weighted by Crippen LogP contribution is 2.34. The van der Waals surface area contributed by atoms with Crippen LogP contribution >= 0.6 is 0 Å². The van der Waals surface area contributed by atoms with Crippen LogP contribution in [0.3, 0.4) is 0 Å². The van der Waals surface area contributed by atoms with E-state index in [0.29, 0.717) is 0 Å². The second-order valence-electron chi connectivity index (χ2n) is 11.9. The molecule has 0 atom stereocenters. The molecule has 0 radical (unpaired) electrons. The van der Waals surface area contributed by atoms with Crippen molar-refractivity contribution in [1.29, 1.82) is 0 Å². The van der Waals surface area contributed by atoms with Crippen molar-refractivity contribution in [2.45, 2.75) is 142 Å². The van der Waals surface area contributed by atoms with Crippen LogP contribution in [0.1, 0.15) is 141 Å². The fourth-order valence-electron chi connectivity index (χ4n) is 6.03. The Morgan fingerprint density at radius 3 is 1.76 bits per heavy atom. The first-order chi connectivity index (χ1) is 18.8. The Bertz CT molecular complexity index is 824. The van der Waals surface area contributed by atoms with Crippen molar-refractivity contribution in [3.63, 3.8) is 0 Å². The van der Waals surface area contributed by atoms with Gasteiger partial charge in [0.2, 0.25) is 0 Å². The van der Waals surface area contributed by atoms with Crippen LogP contribution in [0, 0.1) is 11.8 Å². The van der Waals surface area contributed by atoms with Gasteiger partial charge < -0.3 is 4.74 Å². The minimum Gasteiger partial charge on any atom is -0.494 e. The summed E-state index contributed by atoms with van der Waals surface area (Å²) in [7, 11) is 0. The summed E-state index contributed by atoms with van der Waals surface area (Å²) < 4.78 is 6.06. The standard InChI is InChI=1S/C35H56N2O/c1-3-5-7-9-10-12-13-16-30-19-21-31(22-20-30)18-15-27-38-34-25-23-33(24-26-34)35-36-28-32(29-37-35)17-14-11-8-6-4-2/h23-26,28-31H,3-22,27H2,1-2H3. The molecule has 0 bridgehead atoms. The van der Waals surface area contributed by atoms with Gasteiger partial charge in [-0.2, -0.15) is 0 Å². The van der Waals surface area contributed by atoms with Gasteiger partial charge in [-0.1, -0.05) is 117 Å². The van der Waals surface area contributed by atoms with Gasteiger partial charge in [-0.25, -0.2) is 9.97 Å². The highest BCUT2D eigenvalue weighted by atomic mass is 16.5. The molecule has 1 aliphatic carbocycles. The molecule has 0 unspecified atom stereocenters. The van der Waals surface area contributed by atoms with E-state index in [1.165, 1.54) is 121 Å². The third kappa shape index (κ3) is 12.3. The lowest BCUT2D eigenvalue weighted by atomic mass is 9.78. The van der Waals surface area contributed by atoms with E-state index in [2.05, 4.69) is 48.1 Å². The topological polar surface area (TPSA) is 35.0 Å². The molecule has 0 N–H and O–H groups in total. The zero-order valence-corrected chi connectivity index (χ0v) is 24.8. The van der Waals surface area contributed by atoms with Gasteiger partial charge in [0.05, 0.1) is 6.61 Å². The highest BCUT2D eigenvalue weighted by molar-refractivity contribution is 5.55. The van der Waals surface area contributed by atoms with Crippen molar-refractivity contribution in [1.82, 2.24) is 9.97 Å². The van der Waals surface area contributed by atoms with Gasteiger partial charge in [0.15, 0.2) is 5.82 Å². The van der Waals surface area contributed by atoms with E-state index in [-0.39, 0.29) is 0 Å². The van der Waals surface area contributed by atoms with Crippen LogP contribution in [0.2, 0.25) is 0 Å². The number of benzene rings is 1. The van der Waals surface area contributed by atoms with E-state index in [4.69, 9.17) is 4.74 Å². The zero-order valence-electron chi connectivity index (χ0n) is 24.8. The first-order valence-corrected chi connectivity index (χ1v) is 16.3. The summed E-state index contributed by atoms with van der Waals surface area (Å²) in [6, 6.07) is 8.30. The van der Waals surface area contributed by atoms with E-state index in [1.54, 1.807) is 0 Å². The van der Waals surface area contributed by atoms with Crippen molar-refractivity contribution in [3.8, 4) is 17.1 Å². The summed E-state index contributed by atoms with van der Waals surface area (Å²) in [5.41, 5.74) is 2.30. The lowest BCUT2D eigenvalue weighted by Crippen LogP contribution is -2.15. The third-order valence-corrected chi connectivity index (χ3v) is 8.59. The van der Waals surface area contributed by atoms with Crippen LogP contribution in [-0.2, 0) is 6.42 Å². The fourth-order valence-corrected chi connectivity index (χ4v) is 6.03. The summed E-state index contributed by atoms with van der Waals surface area (Å²) in [6.45, 7) is 5.38. The van der Waals surface area contributed by atoms with Crippen molar-refractivity contribution in [2.24, 2.45) is 11.8 Å². The number of rotatable bonds is 20. The average Bonchev–Trinajstić information content (AvgIpc) is 2.96. The van der Waals surface area contributed by atoms with E-state index < -0.39 is 0 Å². The maximum absolute atomic E-state index is 6.06. The quantitative estimate of drug-likeness (QED) is 0.163. The fraction of sp³-hybridized carbons (Fsp3) is 0.714. The van der Waals surface area contributed by atoms with E-state index >= 15 is 0 Å². The second-order valence-corrected chi connectivity index (χ2v) is 11.9. The molecule has 1 heterocycles. The number of ether oxygens (including phenoxy) is 1. The molecule has 38 heavy (non-hydrogen) atoms. The van der Waals surface area contributed by atoms with Crippen molar-refractivity contribution in [3.05, 3.63) is 42.2 Å². The summed E-state index contributed by atoms with van der Waals surface area (Å²) in [5, 5.41) is 0. The Labute approximate surface area is 234 Å². The van der Waals surface area contributed by atoms with E-state index in [0.717, 1.165) is 48.4 Å². The first-order valence-electron chi connectivity index (χ1n) is 16.3. The predicted octanol–water partition coefficient (Wildman–Crippen LogP) is 10.8. The minimum atomic E-state index is 0.800. The summed E-state index contributed by atoms with van der Waals surface area (Å²) >= 11 is 0. The number of aryl methyl sites for hydroxylation is 1. The largest absolute Gasteiger partial charge is 0.494 e. The molecule has 1 aromatic carbocycles. The molecule has 3 rings (SSSR count). The smallest absolute Gasteiger partial charge is 0.159 e. The second kappa shape index (κ2) is 19.2. The van der Waals surface area contributed by atoms with Gasteiger partial charge >= 0.3 is 0 Å². The number of hydrogen-bond donors (Lipinski definition) is 0. The number of aromatic nitrogens is 2. The Kier molecular flexibility index (Phi) is 15.5. The molecule has 2 aromatic rings. The predicted molar refractivity (Wildman–Crippen MR) is 163 cm³/mol. The monoisotopic (exact) mass is 520 g/mol. The maximum Gasteiger partial charge on any atom is 0.159 e. The van der Waals surface area contributed by atoms with E-state index in [9.17, 15) is 0 Å². The number of nitrogens with zero attached hydrogens (tertiary/aromatic N) is 2.